The van der Waals surface area contributed by atoms with Crippen molar-refractivity contribution in [2.45, 2.75) is 0 Å². The number of para-hydroxylation sites is 1. The van der Waals surface area contributed by atoms with Crippen LogP contribution in [0, 0.1) is 0 Å². The van der Waals surface area contributed by atoms with Crippen LogP contribution in [0.3, 0.4) is 0 Å². The third-order valence-electron chi connectivity index (χ3n) is 2.44. The zero-order valence-corrected chi connectivity index (χ0v) is 9.77. The second kappa shape index (κ2) is 5.18. The number of aromatic amines is 1. The number of hydrogen-bond donors (Lipinski definition) is 2. The highest BCUT2D eigenvalue weighted by Crippen LogP contribution is 2.17. The summed E-state index contributed by atoms with van der Waals surface area (Å²) in [6.07, 6.45) is 3.23. The van der Waals surface area contributed by atoms with Crippen LogP contribution in [0.2, 0.25) is 0 Å². The summed E-state index contributed by atoms with van der Waals surface area (Å²) in [5.74, 6) is -0.771. The molecule has 0 aliphatic carbocycles. The standard InChI is InChI=1S/C13H12N2O3/c1-18-13(17)10-4-2-3-5-11(10)15-12(16)9-6-7-14-8-9/h2-8,14H,1H3,(H,15,16). The van der Waals surface area contributed by atoms with E-state index in [0.717, 1.165) is 0 Å². The summed E-state index contributed by atoms with van der Waals surface area (Å²) >= 11 is 0. The third-order valence-corrected chi connectivity index (χ3v) is 2.44. The summed E-state index contributed by atoms with van der Waals surface area (Å²) in [5.41, 5.74) is 1.24. The molecular weight excluding hydrogens is 232 g/mol. The van der Waals surface area contributed by atoms with E-state index in [4.69, 9.17) is 0 Å². The molecule has 0 unspecified atom stereocenters. The van der Waals surface area contributed by atoms with Crippen molar-refractivity contribution >= 4 is 17.6 Å². The second-order valence-electron chi connectivity index (χ2n) is 3.59. The van der Waals surface area contributed by atoms with Crippen LogP contribution in [0.1, 0.15) is 20.7 Å². The minimum absolute atomic E-state index is 0.285. The van der Waals surface area contributed by atoms with Gasteiger partial charge >= 0.3 is 5.97 Å². The van der Waals surface area contributed by atoms with E-state index < -0.39 is 5.97 Å². The number of ether oxygens (including phenoxy) is 1. The number of esters is 1. The molecule has 92 valence electrons. The van der Waals surface area contributed by atoms with Crippen LogP contribution >= 0.6 is 0 Å². The lowest BCUT2D eigenvalue weighted by Gasteiger charge is -2.08. The maximum atomic E-state index is 11.9. The van der Waals surface area contributed by atoms with Crippen molar-refractivity contribution < 1.29 is 14.3 Å². The summed E-state index contributed by atoms with van der Waals surface area (Å²) in [4.78, 5) is 26.2. The predicted octanol–water partition coefficient (Wildman–Crippen LogP) is 2.05. The molecule has 0 aliphatic rings. The molecule has 2 aromatic rings. The van der Waals surface area contributed by atoms with Crippen LogP contribution in [0.5, 0.6) is 0 Å². The Kier molecular flexibility index (Phi) is 3.43. The zero-order valence-electron chi connectivity index (χ0n) is 9.77. The van der Waals surface area contributed by atoms with E-state index >= 15 is 0 Å². The molecular formula is C13H12N2O3. The molecule has 0 fully saturated rings. The van der Waals surface area contributed by atoms with Gasteiger partial charge in [-0.3, -0.25) is 4.79 Å². The summed E-state index contributed by atoms with van der Waals surface area (Å²) in [6.45, 7) is 0. The highest BCUT2D eigenvalue weighted by molar-refractivity contribution is 6.07. The van der Waals surface area contributed by atoms with Gasteiger partial charge in [-0.05, 0) is 18.2 Å². The molecule has 0 atom stereocenters. The number of benzene rings is 1. The van der Waals surface area contributed by atoms with E-state index in [9.17, 15) is 9.59 Å². The normalized spacial score (nSPS) is 9.83. The van der Waals surface area contributed by atoms with Gasteiger partial charge in [-0.2, -0.15) is 0 Å². The Bertz CT molecular complexity index is 561. The van der Waals surface area contributed by atoms with Gasteiger partial charge in [0.2, 0.25) is 0 Å². The van der Waals surface area contributed by atoms with E-state index in [2.05, 4.69) is 15.0 Å². The topological polar surface area (TPSA) is 71.2 Å². The number of carbonyl (C=O) groups is 2. The largest absolute Gasteiger partial charge is 0.465 e. The van der Waals surface area contributed by atoms with Crippen LogP contribution in [0.25, 0.3) is 0 Å². The van der Waals surface area contributed by atoms with Crippen LogP contribution in [-0.2, 0) is 4.74 Å². The van der Waals surface area contributed by atoms with Crippen LogP contribution in [-0.4, -0.2) is 24.0 Å². The highest BCUT2D eigenvalue weighted by Gasteiger charge is 2.14. The highest BCUT2D eigenvalue weighted by atomic mass is 16.5. The first-order valence-corrected chi connectivity index (χ1v) is 5.34. The Morgan fingerprint density at radius 3 is 2.67 bits per heavy atom. The molecule has 5 heteroatoms. The monoisotopic (exact) mass is 244 g/mol. The average molecular weight is 244 g/mol. The lowest BCUT2D eigenvalue weighted by atomic mass is 10.1. The molecule has 2 N–H and O–H groups in total. The zero-order chi connectivity index (χ0) is 13.0. The number of carbonyl (C=O) groups excluding carboxylic acids is 2. The maximum Gasteiger partial charge on any atom is 0.339 e. The molecule has 0 saturated carbocycles. The number of methoxy groups -OCH3 is 1. The lowest BCUT2D eigenvalue weighted by molar-refractivity contribution is 0.0602. The fraction of sp³-hybridized carbons (Fsp3) is 0.0769. The quantitative estimate of drug-likeness (QED) is 0.812. The molecule has 1 amide bonds. The van der Waals surface area contributed by atoms with Crippen molar-refractivity contribution in [2.24, 2.45) is 0 Å². The number of hydrogen-bond acceptors (Lipinski definition) is 3. The second-order valence-corrected chi connectivity index (χ2v) is 3.59. The van der Waals surface area contributed by atoms with Crippen molar-refractivity contribution in [1.82, 2.24) is 4.98 Å². The first kappa shape index (κ1) is 11.9. The Hall–Kier alpha value is -2.56. The molecule has 0 saturated heterocycles. The molecule has 2 rings (SSSR count). The van der Waals surface area contributed by atoms with Gasteiger partial charge in [-0.1, -0.05) is 12.1 Å². The number of amides is 1. The van der Waals surface area contributed by atoms with Crippen LogP contribution in [0.4, 0.5) is 5.69 Å². The molecule has 0 aliphatic heterocycles. The first-order valence-electron chi connectivity index (χ1n) is 5.34. The van der Waals surface area contributed by atoms with E-state index in [0.29, 0.717) is 16.8 Å². The van der Waals surface area contributed by atoms with Gasteiger partial charge in [0.15, 0.2) is 0 Å². The molecule has 1 aromatic heterocycles. The number of nitrogens with one attached hydrogen (secondary N) is 2. The van der Waals surface area contributed by atoms with Crippen molar-refractivity contribution in [1.29, 1.82) is 0 Å². The number of H-pyrrole nitrogens is 1. The van der Waals surface area contributed by atoms with Crippen molar-refractivity contribution in [3.63, 3.8) is 0 Å². The molecule has 1 aromatic carbocycles. The maximum absolute atomic E-state index is 11.9. The summed E-state index contributed by atoms with van der Waals surface area (Å²) in [5, 5.41) is 2.67. The van der Waals surface area contributed by atoms with Gasteiger partial charge in [0.25, 0.3) is 5.91 Å². The number of anilines is 1. The fourth-order valence-corrected chi connectivity index (χ4v) is 1.54. The van der Waals surface area contributed by atoms with Gasteiger partial charge < -0.3 is 15.0 Å². The smallest absolute Gasteiger partial charge is 0.339 e. The van der Waals surface area contributed by atoms with Crippen molar-refractivity contribution in [3.8, 4) is 0 Å². The van der Waals surface area contributed by atoms with E-state index in [-0.39, 0.29) is 5.91 Å². The summed E-state index contributed by atoms with van der Waals surface area (Å²) in [6, 6.07) is 8.34. The summed E-state index contributed by atoms with van der Waals surface area (Å²) < 4.78 is 4.65. The molecule has 5 nitrogen and oxygen atoms in total. The molecule has 0 radical (unpaired) electrons. The van der Waals surface area contributed by atoms with Gasteiger partial charge in [0.1, 0.15) is 0 Å². The first-order chi connectivity index (χ1) is 8.72. The molecule has 0 spiro atoms. The van der Waals surface area contributed by atoms with Crippen molar-refractivity contribution in [2.75, 3.05) is 12.4 Å². The Labute approximate surface area is 104 Å². The lowest BCUT2D eigenvalue weighted by Crippen LogP contribution is -2.14. The Morgan fingerprint density at radius 1 is 1.22 bits per heavy atom. The van der Waals surface area contributed by atoms with E-state index in [1.807, 2.05) is 0 Å². The number of aromatic nitrogens is 1. The van der Waals surface area contributed by atoms with Gasteiger partial charge in [-0.25, -0.2) is 4.79 Å². The van der Waals surface area contributed by atoms with E-state index in [1.165, 1.54) is 7.11 Å². The minimum Gasteiger partial charge on any atom is -0.465 e. The average Bonchev–Trinajstić information content (AvgIpc) is 2.92. The fourth-order valence-electron chi connectivity index (χ4n) is 1.54. The third kappa shape index (κ3) is 2.40. The van der Waals surface area contributed by atoms with Gasteiger partial charge in [0, 0.05) is 12.4 Å². The van der Waals surface area contributed by atoms with Gasteiger partial charge in [0.05, 0.1) is 23.9 Å². The Morgan fingerprint density at radius 2 is 2.00 bits per heavy atom. The SMILES string of the molecule is COC(=O)c1ccccc1NC(=O)c1cc[nH]c1. The minimum atomic E-state index is -0.486. The molecule has 0 bridgehead atoms. The van der Waals surface area contributed by atoms with Crippen LogP contribution in [0.15, 0.2) is 42.7 Å². The van der Waals surface area contributed by atoms with Crippen LogP contribution < -0.4 is 5.32 Å². The van der Waals surface area contributed by atoms with Gasteiger partial charge in [-0.15, -0.1) is 0 Å². The molecule has 1 heterocycles. The van der Waals surface area contributed by atoms with Crippen molar-refractivity contribution in [3.05, 3.63) is 53.9 Å². The Balaban J connectivity index is 2.24. The molecule has 18 heavy (non-hydrogen) atoms. The predicted molar refractivity (Wildman–Crippen MR) is 66.5 cm³/mol. The van der Waals surface area contributed by atoms with E-state index in [1.54, 1.807) is 42.7 Å². The summed E-state index contributed by atoms with van der Waals surface area (Å²) in [7, 11) is 1.30. The number of rotatable bonds is 3.